The van der Waals surface area contributed by atoms with Crippen molar-refractivity contribution < 1.29 is 4.79 Å². The molecule has 0 aromatic rings. The molecule has 0 aliphatic carbocycles. The summed E-state index contributed by atoms with van der Waals surface area (Å²) in [4.78, 5) is 13.4. The molecule has 1 heterocycles. The van der Waals surface area contributed by atoms with Crippen LogP contribution in [-0.2, 0) is 4.79 Å². The summed E-state index contributed by atoms with van der Waals surface area (Å²) < 4.78 is 0. The van der Waals surface area contributed by atoms with Crippen molar-refractivity contribution in [2.75, 3.05) is 6.54 Å². The molecule has 0 N–H and O–H groups in total. The van der Waals surface area contributed by atoms with Crippen LogP contribution >= 0.6 is 0 Å². The van der Waals surface area contributed by atoms with Gasteiger partial charge in [0.1, 0.15) is 0 Å². The van der Waals surface area contributed by atoms with E-state index in [1.807, 2.05) is 4.90 Å². The van der Waals surface area contributed by atoms with E-state index in [0.29, 0.717) is 6.04 Å². The fourth-order valence-corrected chi connectivity index (χ4v) is 2.19. The van der Waals surface area contributed by atoms with Crippen molar-refractivity contribution in [1.29, 1.82) is 0 Å². The molecule has 1 aliphatic heterocycles. The number of carbonyl (C=O) groups is 1. The maximum atomic E-state index is 11.3. The standard InChI is InChI=1S/C11H21NO/c1-5-11(3,4)10-7-6-8-12(10)9(2)13/h10H,5-8H2,1-4H3. The lowest BCUT2D eigenvalue weighted by Crippen LogP contribution is -2.43. The molecule has 0 saturated carbocycles. The molecule has 1 rings (SSSR count). The second kappa shape index (κ2) is 3.69. The van der Waals surface area contributed by atoms with E-state index in [2.05, 4.69) is 20.8 Å². The van der Waals surface area contributed by atoms with Crippen LogP contribution in [0.25, 0.3) is 0 Å². The summed E-state index contributed by atoms with van der Waals surface area (Å²) >= 11 is 0. The quantitative estimate of drug-likeness (QED) is 0.644. The van der Waals surface area contributed by atoms with Crippen LogP contribution in [0.2, 0.25) is 0 Å². The Morgan fingerprint density at radius 1 is 1.54 bits per heavy atom. The first-order chi connectivity index (χ1) is 5.99. The maximum absolute atomic E-state index is 11.3. The van der Waals surface area contributed by atoms with Crippen LogP contribution in [0.5, 0.6) is 0 Å². The summed E-state index contributed by atoms with van der Waals surface area (Å²) in [5.74, 6) is 0.240. The van der Waals surface area contributed by atoms with Crippen LogP contribution in [-0.4, -0.2) is 23.4 Å². The first-order valence-electron chi connectivity index (χ1n) is 5.26. The Morgan fingerprint density at radius 3 is 2.62 bits per heavy atom. The van der Waals surface area contributed by atoms with Crippen molar-refractivity contribution >= 4 is 5.91 Å². The van der Waals surface area contributed by atoms with Crippen molar-refractivity contribution in [3.63, 3.8) is 0 Å². The molecule has 76 valence electrons. The predicted octanol–water partition coefficient (Wildman–Crippen LogP) is 2.43. The SMILES string of the molecule is CCC(C)(C)C1CCCN1C(C)=O. The van der Waals surface area contributed by atoms with Crippen LogP contribution in [0.1, 0.15) is 47.0 Å². The van der Waals surface area contributed by atoms with Crippen molar-refractivity contribution in [1.82, 2.24) is 4.90 Å². The zero-order valence-corrected chi connectivity index (χ0v) is 9.26. The molecule has 1 fully saturated rings. The Balaban J connectivity index is 2.73. The van der Waals surface area contributed by atoms with Gasteiger partial charge in [0.25, 0.3) is 0 Å². The number of nitrogens with zero attached hydrogens (tertiary/aromatic N) is 1. The summed E-state index contributed by atoms with van der Waals surface area (Å²) in [6, 6.07) is 0.468. The number of likely N-dealkylation sites (tertiary alicyclic amines) is 1. The molecule has 1 atom stereocenters. The van der Waals surface area contributed by atoms with Crippen LogP contribution in [0.4, 0.5) is 0 Å². The lowest BCUT2D eigenvalue weighted by Gasteiger charge is -2.36. The highest BCUT2D eigenvalue weighted by atomic mass is 16.2. The van der Waals surface area contributed by atoms with Crippen LogP contribution in [0.15, 0.2) is 0 Å². The Hall–Kier alpha value is -0.530. The summed E-state index contributed by atoms with van der Waals surface area (Å²) in [5.41, 5.74) is 0.280. The zero-order valence-electron chi connectivity index (χ0n) is 9.26. The van der Waals surface area contributed by atoms with E-state index in [4.69, 9.17) is 0 Å². The van der Waals surface area contributed by atoms with Crippen molar-refractivity contribution in [3.8, 4) is 0 Å². The molecule has 1 saturated heterocycles. The minimum absolute atomic E-state index is 0.240. The Labute approximate surface area is 81.3 Å². The van der Waals surface area contributed by atoms with Crippen molar-refractivity contribution in [2.24, 2.45) is 5.41 Å². The van der Waals surface area contributed by atoms with Gasteiger partial charge in [-0.2, -0.15) is 0 Å². The van der Waals surface area contributed by atoms with E-state index >= 15 is 0 Å². The van der Waals surface area contributed by atoms with Gasteiger partial charge in [-0.15, -0.1) is 0 Å². The van der Waals surface area contributed by atoms with Crippen LogP contribution in [0.3, 0.4) is 0 Å². The second-order valence-corrected chi connectivity index (χ2v) is 4.71. The maximum Gasteiger partial charge on any atom is 0.219 e. The molecule has 1 unspecified atom stereocenters. The molecule has 0 radical (unpaired) electrons. The average molecular weight is 183 g/mol. The molecular formula is C11H21NO. The van der Waals surface area contributed by atoms with Gasteiger partial charge in [0.05, 0.1) is 0 Å². The van der Waals surface area contributed by atoms with Crippen molar-refractivity contribution in [3.05, 3.63) is 0 Å². The second-order valence-electron chi connectivity index (χ2n) is 4.71. The van der Waals surface area contributed by atoms with Gasteiger partial charge in [-0.05, 0) is 24.7 Å². The van der Waals surface area contributed by atoms with E-state index in [9.17, 15) is 4.79 Å². The van der Waals surface area contributed by atoms with Gasteiger partial charge in [0, 0.05) is 19.5 Å². The largest absolute Gasteiger partial charge is 0.339 e. The Bertz CT molecular complexity index is 198. The van der Waals surface area contributed by atoms with Gasteiger partial charge < -0.3 is 4.90 Å². The van der Waals surface area contributed by atoms with Gasteiger partial charge in [0.15, 0.2) is 0 Å². The lowest BCUT2D eigenvalue weighted by molar-refractivity contribution is -0.131. The first kappa shape index (κ1) is 10.6. The molecule has 0 bridgehead atoms. The third kappa shape index (κ3) is 2.04. The lowest BCUT2D eigenvalue weighted by atomic mass is 9.80. The highest BCUT2D eigenvalue weighted by molar-refractivity contribution is 5.74. The minimum atomic E-state index is 0.240. The molecule has 1 amide bonds. The third-order valence-electron chi connectivity index (χ3n) is 3.47. The monoisotopic (exact) mass is 183 g/mol. The van der Waals surface area contributed by atoms with Gasteiger partial charge in [0.2, 0.25) is 5.91 Å². The van der Waals surface area contributed by atoms with Gasteiger partial charge in [-0.1, -0.05) is 20.8 Å². The molecule has 0 aromatic carbocycles. The third-order valence-corrected chi connectivity index (χ3v) is 3.47. The Morgan fingerprint density at radius 2 is 2.15 bits per heavy atom. The van der Waals surface area contributed by atoms with Gasteiger partial charge >= 0.3 is 0 Å². The summed E-state index contributed by atoms with van der Waals surface area (Å²) in [7, 11) is 0. The highest BCUT2D eigenvalue weighted by Crippen LogP contribution is 2.35. The molecule has 13 heavy (non-hydrogen) atoms. The first-order valence-corrected chi connectivity index (χ1v) is 5.26. The van der Waals surface area contributed by atoms with E-state index in [1.54, 1.807) is 6.92 Å². The topological polar surface area (TPSA) is 20.3 Å². The number of rotatable bonds is 2. The van der Waals surface area contributed by atoms with E-state index < -0.39 is 0 Å². The average Bonchev–Trinajstić information content (AvgIpc) is 2.52. The Kier molecular flexibility index (Phi) is 2.99. The van der Waals surface area contributed by atoms with Gasteiger partial charge in [-0.3, -0.25) is 4.79 Å². The summed E-state index contributed by atoms with van der Waals surface area (Å²) in [6.45, 7) is 9.38. The minimum Gasteiger partial charge on any atom is -0.339 e. The van der Waals surface area contributed by atoms with Crippen LogP contribution < -0.4 is 0 Å². The number of carbonyl (C=O) groups excluding carboxylic acids is 1. The van der Waals surface area contributed by atoms with E-state index in [1.165, 1.54) is 12.8 Å². The number of hydrogen-bond acceptors (Lipinski definition) is 1. The van der Waals surface area contributed by atoms with E-state index in [0.717, 1.165) is 13.0 Å². The molecule has 0 spiro atoms. The molecular weight excluding hydrogens is 162 g/mol. The molecule has 2 heteroatoms. The summed E-state index contributed by atoms with van der Waals surface area (Å²) in [6.07, 6.45) is 3.50. The fourth-order valence-electron chi connectivity index (χ4n) is 2.19. The summed E-state index contributed by atoms with van der Waals surface area (Å²) in [5, 5.41) is 0. The molecule has 0 aromatic heterocycles. The molecule has 1 aliphatic rings. The number of amides is 1. The van der Waals surface area contributed by atoms with Gasteiger partial charge in [-0.25, -0.2) is 0 Å². The molecule has 2 nitrogen and oxygen atoms in total. The smallest absolute Gasteiger partial charge is 0.219 e. The zero-order chi connectivity index (χ0) is 10.1. The number of hydrogen-bond donors (Lipinski definition) is 0. The van der Waals surface area contributed by atoms with E-state index in [-0.39, 0.29) is 11.3 Å². The van der Waals surface area contributed by atoms with Crippen LogP contribution in [0, 0.1) is 5.41 Å². The highest BCUT2D eigenvalue weighted by Gasteiger charge is 2.37. The van der Waals surface area contributed by atoms with Crippen molar-refractivity contribution in [2.45, 2.75) is 53.0 Å². The predicted molar refractivity (Wildman–Crippen MR) is 54.5 cm³/mol. The fraction of sp³-hybridized carbons (Fsp3) is 0.909. The normalized spacial score (nSPS) is 23.7.